The highest BCUT2D eigenvalue weighted by Crippen LogP contribution is 2.23. The van der Waals surface area contributed by atoms with Crippen molar-refractivity contribution in [3.63, 3.8) is 0 Å². The average Bonchev–Trinajstić information content (AvgIpc) is 3.07. The van der Waals surface area contributed by atoms with Crippen LogP contribution in [0.2, 0.25) is 0 Å². The Kier molecular flexibility index (Phi) is 3.14. The standard InChI is InChI=1S/C12H13BrN4O2/c1-8-15-11(7-19-8)12(18)16-3-2-10(6-16)17-5-9(13)4-14-17/h4-5,7,10H,2-3,6H2,1H3. The second-order valence-electron chi connectivity index (χ2n) is 4.58. The monoisotopic (exact) mass is 324 g/mol. The molecule has 0 saturated carbocycles. The van der Waals surface area contributed by atoms with Crippen LogP contribution in [-0.2, 0) is 0 Å². The molecular formula is C12H13BrN4O2. The molecule has 3 rings (SSSR count). The number of nitrogens with zero attached hydrogens (tertiary/aromatic N) is 4. The molecule has 1 saturated heterocycles. The van der Waals surface area contributed by atoms with Crippen molar-refractivity contribution in [2.45, 2.75) is 19.4 Å². The molecule has 0 spiro atoms. The summed E-state index contributed by atoms with van der Waals surface area (Å²) in [5.74, 6) is 0.431. The molecule has 0 aromatic carbocycles. The van der Waals surface area contributed by atoms with Gasteiger partial charge in [0.05, 0.1) is 16.7 Å². The van der Waals surface area contributed by atoms with Crippen molar-refractivity contribution < 1.29 is 9.21 Å². The van der Waals surface area contributed by atoms with Crippen molar-refractivity contribution in [1.29, 1.82) is 0 Å². The van der Waals surface area contributed by atoms with Gasteiger partial charge in [0, 0.05) is 26.2 Å². The highest BCUT2D eigenvalue weighted by Gasteiger charge is 2.29. The fraction of sp³-hybridized carbons (Fsp3) is 0.417. The number of carbonyl (C=O) groups is 1. The van der Waals surface area contributed by atoms with Crippen molar-refractivity contribution in [2.75, 3.05) is 13.1 Å². The van der Waals surface area contributed by atoms with E-state index < -0.39 is 0 Å². The van der Waals surface area contributed by atoms with E-state index in [1.165, 1.54) is 6.26 Å². The van der Waals surface area contributed by atoms with Crippen molar-refractivity contribution in [3.05, 3.63) is 34.7 Å². The second-order valence-corrected chi connectivity index (χ2v) is 5.50. The number of likely N-dealkylation sites (tertiary alicyclic amines) is 1. The minimum Gasteiger partial charge on any atom is -0.448 e. The van der Waals surface area contributed by atoms with Crippen molar-refractivity contribution in [2.24, 2.45) is 0 Å². The van der Waals surface area contributed by atoms with Gasteiger partial charge in [-0.1, -0.05) is 0 Å². The third kappa shape index (κ3) is 2.42. The van der Waals surface area contributed by atoms with Crippen LogP contribution in [0.15, 0.2) is 27.5 Å². The molecule has 3 heterocycles. The molecule has 1 atom stereocenters. The predicted octanol–water partition coefficient (Wildman–Crippen LogP) is 2.03. The minimum absolute atomic E-state index is 0.0782. The first-order chi connectivity index (χ1) is 9.13. The highest BCUT2D eigenvalue weighted by molar-refractivity contribution is 9.10. The molecule has 0 bridgehead atoms. The summed E-state index contributed by atoms with van der Waals surface area (Å²) in [6, 6.07) is 0.225. The number of oxazole rings is 1. The van der Waals surface area contributed by atoms with E-state index in [1.807, 2.05) is 10.9 Å². The average molecular weight is 325 g/mol. The van der Waals surface area contributed by atoms with Crippen molar-refractivity contribution >= 4 is 21.8 Å². The molecule has 0 aliphatic carbocycles. The van der Waals surface area contributed by atoms with Crippen LogP contribution in [0.25, 0.3) is 0 Å². The molecule has 7 heteroatoms. The summed E-state index contributed by atoms with van der Waals surface area (Å²) >= 11 is 3.38. The molecule has 1 amide bonds. The Bertz CT molecular complexity index is 606. The SMILES string of the molecule is Cc1nc(C(=O)N2CCC(n3cc(Br)cn3)C2)co1. The van der Waals surface area contributed by atoms with Crippen LogP contribution in [-0.4, -0.2) is 38.7 Å². The molecule has 2 aromatic heterocycles. The first kappa shape index (κ1) is 12.4. The van der Waals surface area contributed by atoms with Gasteiger partial charge in [-0.05, 0) is 22.4 Å². The van der Waals surface area contributed by atoms with Crippen LogP contribution in [0.3, 0.4) is 0 Å². The lowest BCUT2D eigenvalue weighted by Gasteiger charge is -2.15. The number of hydrogen-bond acceptors (Lipinski definition) is 4. The molecular weight excluding hydrogens is 312 g/mol. The Morgan fingerprint density at radius 1 is 1.58 bits per heavy atom. The van der Waals surface area contributed by atoms with Gasteiger partial charge in [-0.2, -0.15) is 5.10 Å². The fourth-order valence-electron chi connectivity index (χ4n) is 2.28. The third-order valence-corrected chi connectivity index (χ3v) is 3.64. The quantitative estimate of drug-likeness (QED) is 0.847. The minimum atomic E-state index is -0.0782. The lowest BCUT2D eigenvalue weighted by molar-refractivity contribution is 0.0781. The maximum absolute atomic E-state index is 12.2. The smallest absolute Gasteiger partial charge is 0.275 e. The normalized spacial score (nSPS) is 19.1. The molecule has 1 fully saturated rings. The van der Waals surface area contributed by atoms with E-state index >= 15 is 0 Å². The summed E-state index contributed by atoms with van der Waals surface area (Å²) in [6.07, 6.45) is 6.00. The Morgan fingerprint density at radius 2 is 2.42 bits per heavy atom. The molecule has 19 heavy (non-hydrogen) atoms. The van der Waals surface area contributed by atoms with Gasteiger partial charge in [0.25, 0.3) is 5.91 Å². The summed E-state index contributed by atoms with van der Waals surface area (Å²) in [6.45, 7) is 3.09. The van der Waals surface area contributed by atoms with Gasteiger partial charge in [-0.3, -0.25) is 9.48 Å². The van der Waals surface area contributed by atoms with Crippen LogP contribution in [0, 0.1) is 6.92 Å². The molecule has 100 valence electrons. The Labute approximate surface area is 118 Å². The van der Waals surface area contributed by atoms with Crippen LogP contribution in [0.1, 0.15) is 28.8 Å². The van der Waals surface area contributed by atoms with Gasteiger partial charge < -0.3 is 9.32 Å². The molecule has 6 nitrogen and oxygen atoms in total. The van der Waals surface area contributed by atoms with E-state index in [1.54, 1.807) is 18.0 Å². The van der Waals surface area contributed by atoms with E-state index in [-0.39, 0.29) is 11.9 Å². The maximum Gasteiger partial charge on any atom is 0.275 e. The van der Waals surface area contributed by atoms with Crippen molar-refractivity contribution in [3.8, 4) is 0 Å². The summed E-state index contributed by atoms with van der Waals surface area (Å²) < 4.78 is 7.92. The Morgan fingerprint density at radius 3 is 3.05 bits per heavy atom. The van der Waals surface area contributed by atoms with Crippen LogP contribution in [0.5, 0.6) is 0 Å². The predicted molar refractivity (Wildman–Crippen MR) is 70.7 cm³/mol. The summed E-state index contributed by atoms with van der Waals surface area (Å²) in [7, 11) is 0. The number of hydrogen-bond donors (Lipinski definition) is 0. The zero-order valence-corrected chi connectivity index (χ0v) is 12.0. The summed E-state index contributed by atoms with van der Waals surface area (Å²) in [5.41, 5.74) is 0.375. The lowest BCUT2D eigenvalue weighted by atomic mass is 10.3. The lowest BCUT2D eigenvalue weighted by Crippen LogP contribution is -2.29. The van der Waals surface area contributed by atoms with Crippen molar-refractivity contribution in [1.82, 2.24) is 19.7 Å². The highest BCUT2D eigenvalue weighted by atomic mass is 79.9. The van der Waals surface area contributed by atoms with E-state index in [9.17, 15) is 4.79 Å². The third-order valence-electron chi connectivity index (χ3n) is 3.23. The van der Waals surface area contributed by atoms with E-state index in [2.05, 4.69) is 26.0 Å². The maximum atomic E-state index is 12.2. The van der Waals surface area contributed by atoms with Gasteiger partial charge in [0.2, 0.25) is 0 Å². The fourth-order valence-corrected chi connectivity index (χ4v) is 2.58. The first-order valence-electron chi connectivity index (χ1n) is 6.04. The van der Waals surface area contributed by atoms with Gasteiger partial charge in [-0.15, -0.1) is 0 Å². The molecule has 1 unspecified atom stereocenters. The van der Waals surface area contributed by atoms with Crippen LogP contribution < -0.4 is 0 Å². The molecule has 0 N–H and O–H groups in total. The molecule has 0 radical (unpaired) electrons. The molecule has 1 aliphatic rings. The number of halogens is 1. The number of rotatable bonds is 2. The van der Waals surface area contributed by atoms with E-state index in [0.717, 1.165) is 10.9 Å². The first-order valence-corrected chi connectivity index (χ1v) is 6.84. The zero-order chi connectivity index (χ0) is 13.4. The van der Waals surface area contributed by atoms with E-state index in [0.29, 0.717) is 24.7 Å². The summed E-state index contributed by atoms with van der Waals surface area (Å²) in [4.78, 5) is 18.1. The Balaban J connectivity index is 1.70. The Hall–Kier alpha value is -1.63. The molecule has 2 aromatic rings. The molecule has 1 aliphatic heterocycles. The number of aromatic nitrogens is 3. The zero-order valence-electron chi connectivity index (χ0n) is 10.4. The van der Waals surface area contributed by atoms with E-state index in [4.69, 9.17) is 4.42 Å². The van der Waals surface area contributed by atoms with Gasteiger partial charge >= 0.3 is 0 Å². The summed E-state index contributed by atoms with van der Waals surface area (Å²) in [5, 5.41) is 4.27. The van der Waals surface area contributed by atoms with Crippen LogP contribution >= 0.6 is 15.9 Å². The van der Waals surface area contributed by atoms with Gasteiger partial charge in [0.1, 0.15) is 6.26 Å². The topological polar surface area (TPSA) is 64.2 Å². The number of aryl methyl sites for hydroxylation is 1. The van der Waals surface area contributed by atoms with Gasteiger partial charge in [-0.25, -0.2) is 4.98 Å². The number of carbonyl (C=O) groups excluding carboxylic acids is 1. The number of amides is 1. The van der Waals surface area contributed by atoms with Gasteiger partial charge in [0.15, 0.2) is 11.6 Å². The largest absolute Gasteiger partial charge is 0.448 e. The van der Waals surface area contributed by atoms with Crippen LogP contribution in [0.4, 0.5) is 0 Å². The second kappa shape index (κ2) is 4.80.